The number of carbonyl (C=O) groups is 1. The molecule has 0 bridgehead atoms. The zero-order valence-electron chi connectivity index (χ0n) is 16.3. The van der Waals surface area contributed by atoms with Crippen molar-refractivity contribution in [3.05, 3.63) is 42.5 Å². The van der Waals surface area contributed by atoms with Crippen molar-refractivity contribution in [2.24, 2.45) is 0 Å². The summed E-state index contributed by atoms with van der Waals surface area (Å²) in [6, 6.07) is 0.972. The van der Waals surface area contributed by atoms with Gasteiger partial charge in [-0.3, -0.25) is 9.69 Å². The van der Waals surface area contributed by atoms with Crippen LogP contribution in [0.2, 0.25) is 0 Å². The first kappa shape index (κ1) is 20.7. The van der Waals surface area contributed by atoms with Crippen LogP contribution in [-0.2, 0) is 10.9 Å². The number of alkyl halides is 3. The summed E-state index contributed by atoms with van der Waals surface area (Å²) in [6.45, 7) is 3.27. The molecule has 162 valence electrons. The molecule has 2 aromatic heterocycles. The van der Waals surface area contributed by atoms with Gasteiger partial charge in [0.2, 0.25) is 0 Å². The summed E-state index contributed by atoms with van der Waals surface area (Å²) in [5.41, 5.74) is -1.43. The fourth-order valence-electron chi connectivity index (χ4n) is 4.20. The van der Waals surface area contributed by atoms with Gasteiger partial charge < -0.3 is 4.74 Å². The van der Waals surface area contributed by atoms with E-state index in [1.165, 1.54) is 22.2 Å². The lowest BCUT2D eigenvalue weighted by Crippen LogP contribution is -2.52. The fourth-order valence-corrected chi connectivity index (χ4v) is 4.20. The SMILES string of the molecule is O=C(c1cc(C(F)(F)F)ncn1)N(C1CCC(N2CCOCC2)CC1)n1ccnc1. The van der Waals surface area contributed by atoms with Crippen molar-refractivity contribution in [3.63, 3.8) is 0 Å². The van der Waals surface area contributed by atoms with Crippen LogP contribution in [0.3, 0.4) is 0 Å². The van der Waals surface area contributed by atoms with Crippen LogP contribution in [0.1, 0.15) is 41.9 Å². The minimum Gasteiger partial charge on any atom is -0.379 e. The standard InChI is InChI=1S/C19H23F3N6O2/c20-19(21,22)17-11-16(24-12-25-17)18(29)28(27-6-5-23-13-27)15-3-1-14(2-4-15)26-7-9-30-10-8-26/h5-6,11-15H,1-4,7-10H2. The topological polar surface area (TPSA) is 76.4 Å². The van der Waals surface area contributed by atoms with Gasteiger partial charge in [0.25, 0.3) is 5.91 Å². The molecule has 30 heavy (non-hydrogen) atoms. The van der Waals surface area contributed by atoms with Gasteiger partial charge in [-0.05, 0) is 25.7 Å². The number of aromatic nitrogens is 4. The number of hydrogen-bond acceptors (Lipinski definition) is 6. The Morgan fingerprint density at radius 1 is 1.13 bits per heavy atom. The molecule has 1 saturated heterocycles. The first-order chi connectivity index (χ1) is 14.4. The molecule has 1 aliphatic heterocycles. The second-order valence-corrected chi connectivity index (χ2v) is 7.49. The molecule has 2 aliphatic rings. The van der Waals surface area contributed by atoms with Crippen molar-refractivity contribution in [2.75, 3.05) is 31.3 Å². The van der Waals surface area contributed by atoms with Crippen molar-refractivity contribution in [1.82, 2.24) is 24.5 Å². The average molecular weight is 424 g/mol. The number of imidazole rings is 1. The largest absolute Gasteiger partial charge is 0.433 e. The average Bonchev–Trinajstić information content (AvgIpc) is 3.29. The molecule has 3 heterocycles. The smallest absolute Gasteiger partial charge is 0.379 e. The van der Waals surface area contributed by atoms with Crippen molar-refractivity contribution >= 4 is 5.91 Å². The lowest BCUT2D eigenvalue weighted by Gasteiger charge is -2.41. The molecule has 0 unspecified atom stereocenters. The Hall–Kier alpha value is -2.53. The van der Waals surface area contributed by atoms with Gasteiger partial charge >= 0.3 is 6.18 Å². The molecule has 2 fully saturated rings. The normalized spacial score (nSPS) is 23.3. The van der Waals surface area contributed by atoms with Gasteiger partial charge in [0.15, 0.2) is 0 Å². The molecule has 0 spiro atoms. The van der Waals surface area contributed by atoms with Gasteiger partial charge in [0.1, 0.15) is 24.0 Å². The molecule has 1 saturated carbocycles. The summed E-state index contributed by atoms with van der Waals surface area (Å²) in [7, 11) is 0. The van der Waals surface area contributed by atoms with Gasteiger partial charge in [-0.25, -0.2) is 24.6 Å². The van der Waals surface area contributed by atoms with E-state index in [-0.39, 0.29) is 11.7 Å². The second kappa shape index (κ2) is 8.68. The summed E-state index contributed by atoms with van der Waals surface area (Å²) in [4.78, 5) is 26.7. The molecular weight excluding hydrogens is 401 g/mol. The third-order valence-corrected chi connectivity index (χ3v) is 5.70. The van der Waals surface area contributed by atoms with Crippen molar-refractivity contribution in [2.45, 2.75) is 43.9 Å². The molecule has 2 aromatic rings. The highest BCUT2D eigenvalue weighted by Gasteiger charge is 2.36. The molecule has 11 heteroatoms. The summed E-state index contributed by atoms with van der Waals surface area (Å²) >= 11 is 0. The van der Waals surface area contributed by atoms with E-state index in [1.54, 1.807) is 6.20 Å². The number of rotatable bonds is 4. The number of halogens is 3. The van der Waals surface area contributed by atoms with E-state index in [0.717, 1.165) is 58.3 Å². The van der Waals surface area contributed by atoms with Crippen LogP contribution in [0.4, 0.5) is 13.2 Å². The highest BCUT2D eigenvalue weighted by atomic mass is 19.4. The van der Waals surface area contributed by atoms with Crippen molar-refractivity contribution < 1.29 is 22.7 Å². The highest BCUT2D eigenvalue weighted by Crippen LogP contribution is 2.29. The molecule has 0 radical (unpaired) electrons. The molecule has 4 rings (SSSR count). The van der Waals surface area contributed by atoms with Crippen LogP contribution >= 0.6 is 0 Å². The Bertz CT molecular complexity index is 846. The number of ether oxygens (including phenoxy) is 1. The van der Waals surface area contributed by atoms with Crippen LogP contribution in [-0.4, -0.2) is 68.8 Å². The summed E-state index contributed by atoms with van der Waals surface area (Å²) in [6.07, 6.45) is 4.02. The Morgan fingerprint density at radius 2 is 1.87 bits per heavy atom. The highest BCUT2D eigenvalue weighted by molar-refractivity contribution is 6.00. The molecule has 0 N–H and O–H groups in total. The minimum atomic E-state index is -4.64. The first-order valence-corrected chi connectivity index (χ1v) is 9.96. The molecule has 0 aromatic carbocycles. The molecule has 8 nitrogen and oxygen atoms in total. The molecule has 1 aliphatic carbocycles. The molecule has 1 amide bonds. The Labute approximate surface area is 171 Å². The maximum Gasteiger partial charge on any atom is 0.433 e. The fraction of sp³-hybridized carbons (Fsp3) is 0.579. The number of nitrogens with zero attached hydrogens (tertiary/aromatic N) is 6. The van der Waals surface area contributed by atoms with Gasteiger partial charge in [-0.2, -0.15) is 13.2 Å². The summed E-state index contributed by atoms with van der Waals surface area (Å²) in [5.74, 6) is -0.601. The van der Waals surface area contributed by atoms with Crippen LogP contribution in [0, 0.1) is 0 Å². The van der Waals surface area contributed by atoms with E-state index in [0.29, 0.717) is 12.1 Å². The maximum atomic E-state index is 13.2. The van der Waals surface area contributed by atoms with E-state index in [4.69, 9.17) is 4.74 Å². The van der Waals surface area contributed by atoms with E-state index < -0.39 is 17.8 Å². The van der Waals surface area contributed by atoms with E-state index in [1.807, 2.05) is 0 Å². The Balaban J connectivity index is 1.53. The second-order valence-electron chi connectivity index (χ2n) is 7.49. The van der Waals surface area contributed by atoms with Gasteiger partial charge in [-0.1, -0.05) is 0 Å². The monoisotopic (exact) mass is 424 g/mol. The van der Waals surface area contributed by atoms with E-state index in [9.17, 15) is 18.0 Å². The third kappa shape index (κ3) is 4.46. The van der Waals surface area contributed by atoms with Crippen LogP contribution in [0.5, 0.6) is 0 Å². The van der Waals surface area contributed by atoms with Crippen molar-refractivity contribution in [1.29, 1.82) is 0 Å². The van der Waals surface area contributed by atoms with Crippen LogP contribution in [0.15, 0.2) is 31.1 Å². The van der Waals surface area contributed by atoms with Crippen molar-refractivity contribution in [3.8, 4) is 0 Å². The van der Waals surface area contributed by atoms with Gasteiger partial charge in [-0.15, -0.1) is 0 Å². The van der Waals surface area contributed by atoms with Gasteiger partial charge in [0.05, 0.1) is 19.3 Å². The lowest BCUT2D eigenvalue weighted by atomic mass is 9.89. The molecule has 0 atom stereocenters. The number of morpholine rings is 1. The zero-order chi connectivity index (χ0) is 21.1. The maximum absolute atomic E-state index is 13.2. The summed E-state index contributed by atoms with van der Waals surface area (Å²) < 4.78 is 46.0. The number of amides is 1. The summed E-state index contributed by atoms with van der Waals surface area (Å²) in [5, 5.41) is 1.46. The predicted molar refractivity (Wildman–Crippen MR) is 100 cm³/mol. The first-order valence-electron chi connectivity index (χ1n) is 9.96. The Morgan fingerprint density at radius 3 is 2.50 bits per heavy atom. The number of hydrogen-bond donors (Lipinski definition) is 0. The van der Waals surface area contributed by atoms with Gasteiger partial charge in [0, 0.05) is 37.6 Å². The van der Waals surface area contributed by atoms with Crippen LogP contribution < -0.4 is 5.01 Å². The van der Waals surface area contributed by atoms with E-state index >= 15 is 0 Å². The van der Waals surface area contributed by atoms with Crippen LogP contribution in [0.25, 0.3) is 0 Å². The molecular formula is C19H23F3N6O2. The zero-order valence-corrected chi connectivity index (χ0v) is 16.3. The number of carbonyl (C=O) groups excluding carboxylic acids is 1. The lowest BCUT2D eigenvalue weighted by molar-refractivity contribution is -0.141. The predicted octanol–water partition coefficient (Wildman–Crippen LogP) is 2.11. The quantitative estimate of drug-likeness (QED) is 0.749. The third-order valence-electron chi connectivity index (χ3n) is 5.70. The Kier molecular flexibility index (Phi) is 6.00. The minimum absolute atomic E-state index is 0.159. The van der Waals surface area contributed by atoms with E-state index in [2.05, 4.69) is 19.9 Å².